The van der Waals surface area contributed by atoms with Crippen molar-refractivity contribution in [2.24, 2.45) is 0 Å². The molecule has 1 heterocycles. The van der Waals surface area contributed by atoms with E-state index >= 15 is 0 Å². The highest BCUT2D eigenvalue weighted by Crippen LogP contribution is 2.16. The number of carbonyl (C=O) groups is 1. The lowest BCUT2D eigenvalue weighted by Crippen LogP contribution is -2.07. The summed E-state index contributed by atoms with van der Waals surface area (Å²) in [6.07, 6.45) is 2.85. The van der Waals surface area contributed by atoms with E-state index in [0.717, 1.165) is 0 Å². The summed E-state index contributed by atoms with van der Waals surface area (Å²) in [6, 6.07) is 10.6. The Morgan fingerprint density at radius 2 is 1.96 bits per heavy atom. The molecule has 0 fully saturated rings. The quantitative estimate of drug-likeness (QED) is 0.434. The highest BCUT2D eigenvalue weighted by molar-refractivity contribution is 6.02. The first kappa shape index (κ1) is 15.2. The van der Waals surface area contributed by atoms with Crippen LogP contribution in [0, 0.1) is 10.1 Å². The number of nitro groups is 1. The molecule has 0 spiro atoms. The predicted molar refractivity (Wildman–Crippen MR) is 87.6 cm³/mol. The number of hydrogen-bond acceptors (Lipinski definition) is 5. The van der Waals surface area contributed by atoms with Gasteiger partial charge in [-0.1, -0.05) is 0 Å². The maximum absolute atomic E-state index is 11.9. The number of nitrogens with one attached hydrogen (secondary N) is 2. The van der Waals surface area contributed by atoms with E-state index in [-0.39, 0.29) is 11.6 Å². The molecule has 1 aromatic heterocycles. The summed E-state index contributed by atoms with van der Waals surface area (Å²) >= 11 is 0. The van der Waals surface area contributed by atoms with Crippen molar-refractivity contribution in [1.29, 1.82) is 0 Å². The van der Waals surface area contributed by atoms with Crippen LogP contribution in [0.2, 0.25) is 0 Å². The van der Waals surface area contributed by atoms with Crippen molar-refractivity contribution in [3.05, 3.63) is 74.8 Å². The number of amides is 1. The molecule has 1 amide bonds. The van der Waals surface area contributed by atoms with Gasteiger partial charge in [0.15, 0.2) is 5.58 Å². The van der Waals surface area contributed by atoms with Crippen molar-refractivity contribution in [2.75, 3.05) is 5.32 Å². The number of nitro benzene ring substituents is 1. The topological polar surface area (TPSA) is 118 Å². The van der Waals surface area contributed by atoms with Gasteiger partial charge in [0, 0.05) is 23.9 Å². The molecular formula is C16H11N3O5. The van der Waals surface area contributed by atoms with E-state index in [4.69, 9.17) is 4.42 Å². The van der Waals surface area contributed by atoms with Crippen LogP contribution in [-0.4, -0.2) is 15.8 Å². The minimum atomic E-state index is -0.563. The number of rotatable bonds is 4. The van der Waals surface area contributed by atoms with Crippen LogP contribution in [0.5, 0.6) is 0 Å². The third kappa shape index (κ3) is 3.38. The van der Waals surface area contributed by atoms with Crippen LogP contribution in [0.25, 0.3) is 17.2 Å². The molecule has 24 heavy (non-hydrogen) atoms. The number of carbonyl (C=O) groups excluding carboxylic acids is 1. The molecule has 0 saturated heterocycles. The fraction of sp³-hybridized carbons (Fsp3) is 0. The van der Waals surface area contributed by atoms with Gasteiger partial charge in [-0.15, -0.1) is 0 Å². The van der Waals surface area contributed by atoms with Crippen LogP contribution in [-0.2, 0) is 4.79 Å². The summed E-state index contributed by atoms with van der Waals surface area (Å²) in [5.74, 6) is -0.940. The van der Waals surface area contributed by atoms with Crippen molar-refractivity contribution in [3.8, 4) is 0 Å². The molecule has 3 aromatic rings. The highest BCUT2D eigenvalue weighted by atomic mass is 16.6. The fourth-order valence-corrected chi connectivity index (χ4v) is 2.09. The zero-order chi connectivity index (χ0) is 17.1. The number of aromatic amines is 1. The minimum Gasteiger partial charge on any atom is -0.408 e. The molecule has 0 atom stereocenters. The van der Waals surface area contributed by atoms with Crippen molar-refractivity contribution in [2.45, 2.75) is 0 Å². The number of H-pyrrole nitrogens is 1. The van der Waals surface area contributed by atoms with E-state index < -0.39 is 10.7 Å². The first-order valence-electron chi connectivity index (χ1n) is 6.88. The maximum Gasteiger partial charge on any atom is 0.417 e. The standard InChI is InChI=1S/C16H11N3O5/c20-15(8-3-10-1-5-12(6-2-10)19(22)23)17-11-4-7-14-13(9-11)18-16(21)24-14/h1-9H,(H,17,20)(H,18,21)/b8-3+. The minimum absolute atomic E-state index is 0.0148. The zero-order valence-corrected chi connectivity index (χ0v) is 12.2. The summed E-state index contributed by atoms with van der Waals surface area (Å²) in [5, 5.41) is 13.2. The molecule has 0 saturated carbocycles. The molecule has 0 aliphatic heterocycles. The molecule has 0 unspecified atom stereocenters. The molecule has 0 aliphatic carbocycles. The maximum atomic E-state index is 11.9. The average Bonchev–Trinajstić information content (AvgIpc) is 2.92. The van der Waals surface area contributed by atoms with Gasteiger partial charge in [0.2, 0.25) is 5.91 Å². The van der Waals surface area contributed by atoms with E-state index in [1.807, 2.05) is 0 Å². The third-order valence-electron chi connectivity index (χ3n) is 3.22. The lowest BCUT2D eigenvalue weighted by molar-refractivity contribution is -0.384. The van der Waals surface area contributed by atoms with Gasteiger partial charge in [0.05, 0.1) is 10.4 Å². The number of benzene rings is 2. The van der Waals surface area contributed by atoms with Gasteiger partial charge in [-0.3, -0.25) is 19.9 Å². The largest absolute Gasteiger partial charge is 0.417 e. The van der Waals surface area contributed by atoms with Gasteiger partial charge in [-0.25, -0.2) is 4.79 Å². The van der Waals surface area contributed by atoms with Crippen LogP contribution < -0.4 is 11.1 Å². The average molecular weight is 325 g/mol. The molecule has 8 nitrogen and oxygen atoms in total. The second-order valence-electron chi connectivity index (χ2n) is 4.90. The predicted octanol–water partition coefficient (Wildman–Crippen LogP) is 2.68. The van der Waals surface area contributed by atoms with Crippen molar-refractivity contribution in [3.63, 3.8) is 0 Å². The summed E-state index contributed by atoms with van der Waals surface area (Å²) in [6.45, 7) is 0. The van der Waals surface area contributed by atoms with Crippen molar-refractivity contribution < 1.29 is 14.1 Å². The van der Waals surface area contributed by atoms with Gasteiger partial charge in [0.25, 0.3) is 5.69 Å². The van der Waals surface area contributed by atoms with E-state index in [1.165, 1.54) is 24.3 Å². The number of hydrogen-bond donors (Lipinski definition) is 2. The Bertz CT molecular complexity index is 998. The first-order chi connectivity index (χ1) is 11.5. The van der Waals surface area contributed by atoms with E-state index in [2.05, 4.69) is 10.3 Å². The fourth-order valence-electron chi connectivity index (χ4n) is 2.09. The van der Waals surface area contributed by atoms with Gasteiger partial charge < -0.3 is 9.73 Å². The van der Waals surface area contributed by atoms with Crippen LogP contribution in [0.1, 0.15) is 5.56 Å². The number of oxazole rings is 1. The molecular weight excluding hydrogens is 314 g/mol. The second-order valence-corrected chi connectivity index (χ2v) is 4.90. The summed E-state index contributed by atoms with van der Waals surface area (Å²) in [4.78, 5) is 35.6. The molecule has 0 radical (unpaired) electrons. The van der Waals surface area contributed by atoms with Gasteiger partial charge in [-0.05, 0) is 42.0 Å². The van der Waals surface area contributed by atoms with Crippen LogP contribution >= 0.6 is 0 Å². The summed E-state index contributed by atoms with van der Waals surface area (Å²) < 4.78 is 4.87. The van der Waals surface area contributed by atoms with Crippen LogP contribution in [0.15, 0.2) is 57.8 Å². The second kappa shape index (κ2) is 6.21. The van der Waals surface area contributed by atoms with Crippen LogP contribution in [0.4, 0.5) is 11.4 Å². The molecule has 120 valence electrons. The van der Waals surface area contributed by atoms with E-state index in [1.54, 1.807) is 30.3 Å². The number of anilines is 1. The Labute approximate surface area is 134 Å². The van der Waals surface area contributed by atoms with Gasteiger partial charge in [-0.2, -0.15) is 0 Å². The zero-order valence-electron chi connectivity index (χ0n) is 12.2. The highest BCUT2D eigenvalue weighted by Gasteiger charge is 2.05. The Morgan fingerprint density at radius 3 is 2.67 bits per heavy atom. The van der Waals surface area contributed by atoms with Crippen molar-refractivity contribution in [1.82, 2.24) is 4.98 Å². The molecule has 8 heteroatoms. The number of nitrogens with zero attached hydrogens (tertiary/aromatic N) is 1. The molecule has 2 aromatic carbocycles. The lowest BCUT2D eigenvalue weighted by Gasteiger charge is -2.01. The normalized spacial score (nSPS) is 11.0. The Morgan fingerprint density at radius 1 is 1.21 bits per heavy atom. The monoisotopic (exact) mass is 325 g/mol. The van der Waals surface area contributed by atoms with E-state index in [0.29, 0.717) is 22.4 Å². The summed E-state index contributed by atoms with van der Waals surface area (Å²) in [5.41, 5.74) is 2.03. The van der Waals surface area contributed by atoms with Crippen molar-refractivity contribution >= 4 is 34.5 Å². The molecule has 3 rings (SSSR count). The molecule has 0 bridgehead atoms. The summed E-state index contributed by atoms with van der Waals surface area (Å²) in [7, 11) is 0. The Kier molecular flexibility index (Phi) is 3.94. The molecule has 0 aliphatic rings. The first-order valence-corrected chi connectivity index (χ1v) is 6.88. The third-order valence-corrected chi connectivity index (χ3v) is 3.22. The molecule has 2 N–H and O–H groups in total. The van der Waals surface area contributed by atoms with Gasteiger partial charge in [0.1, 0.15) is 0 Å². The number of aromatic nitrogens is 1. The lowest BCUT2D eigenvalue weighted by atomic mass is 10.2. The van der Waals surface area contributed by atoms with Gasteiger partial charge >= 0.3 is 5.76 Å². The van der Waals surface area contributed by atoms with E-state index in [9.17, 15) is 19.7 Å². The van der Waals surface area contributed by atoms with Crippen LogP contribution in [0.3, 0.4) is 0 Å². The smallest absolute Gasteiger partial charge is 0.408 e. The Hall–Kier alpha value is -3.68. The SMILES string of the molecule is O=C(/C=C/c1ccc([N+](=O)[O-])cc1)Nc1ccc2oc(=O)[nH]c2c1. The Balaban J connectivity index is 1.69. The number of non-ortho nitro benzene ring substituents is 1. The number of fused-ring (bicyclic) bond motifs is 1.